The van der Waals surface area contributed by atoms with E-state index in [0.29, 0.717) is 52.6 Å². The molecular formula is C28H32ClFN4O3. The second-order valence-corrected chi connectivity index (χ2v) is 10.9. The molecule has 2 atom stereocenters. The molecule has 2 fully saturated rings. The lowest BCUT2D eigenvalue weighted by molar-refractivity contribution is -0.120. The summed E-state index contributed by atoms with van der Waals surface area (Å²) < 4.78 is 23.4. The minimum absolute atomic E-state index is 0.0708. The number of carbonyl (C=O) groups excluding carboxylic acids is 1. The topological polar surface area (TPSA) is 69.4 Å². The maximum Gasteiger partial charge on any atom is 0.351 e. The first kappa shape index (κ1) is 25.8. The van der Waals surface area contributed by atoms with E-state index in [-0.39, 0.29) is 24.1 Å². The summed E-state index contributed by atoms with van der Waals surface area (Å²) in [5.41, 5.74) is 1.03. The van der Waals surface area contributed by atoms with Crippen LogP contribution in [0.3, 0.4) is 0 Å². The molecule has 2 aromatic carbocycles. The lowest BCUT2D eigenvalue weighted by atomic mass is 10.1. The van der Waals surface area contributed by atoms with E-state index < -0.39 is 5.69 Å². The van der Waals surface area contributed by atoms with E-state index in [1.807, 2.05) is 13.8 Å². The van der Waals surface area contributed by atoms with Gasteiger partial charge in [0.15, 0.2) is 11.6 Å². The third kappa shape index (κ3) is 5.56. The number of benzene rings is 2. The highest BCUT2D eigenvalue weighted by atomic mass is 35.5. The van der Waals surface area contributed by atoms with Gasteiger partial charge in [0.1, 0.15) is 5.82 Å². The molecule has 0 saturated carbocycles. The summed E-state index contributed by atoms with van der Waals surface area (Å²) in [5.74, 6) is 0.0392. The number of Topliss-reactive ketones (excluding diaryl/α,β-unsaturated/α-hetero) is 1. The first-order valence-electron chi connectivity index (χ1n) is 12.9. The number of aromatic nitrogens is 3. The van der Waals surface area contributed by atoms with Crippen molar-refractivity contribution >= 4 is 17.4 Å². The second-order valence-electron chi connectivity index (χ2n) is 10.4. The number of carbonyl (C=O) groups is 1. The summed E-state index contributed by atoms with van der Waals surface area (Å²) in [4.78, 5) is 28.5. The Labute approximate surface area is 220 Å². The fourth-order valence-electron chi connectivity index (χ4n) is 5.44. The van der Waals surface area contributed by atoms with Crippen LogP contribution in [0.2, 0.25) is 5.02 Å². The van der Waals surface area contributed by atoms with E-state index in [1.165, 1.54) is 10.6 Å². The van der Waals surface area contributed by atoms with Crippen molar-refractivity contribution in [2.24, 2.45) is 5.92 Å². The molecule has 2 aliphatic heterocycles. The molecule has 2 bridgehead atoms. The summed E-state index contributed by atoms with van der Waals surface area (Å²) in [6.45, 7) is 6.07. The van der Waals surface area contributed by atoms with Crippen molar-refractivity contribution in [3.8, 4) is 17.1 Å². The summed E-state index contributed by atoms with van der Waals surface area (Å²) in [5, 5.41) is 5.00. The number of hydrogen-bond donors (Lipinski definition) is 0. The average Bonchev–Trinajstić information content (AvgIpc) is 3.28. The molecule has 37 heavy (non-hydrogen) atoms. The molecule has 0 N–H and O–H groups in total. The van der Waals surface area contributed by atoms with Gasteiger partial charge in [-0.3, -0.25) is 14.3 Å². The Balaban J connectivity index is 1.42. The molecule has 3 aromatic rings. The lowest BCUT2D eigenvalue weighted by Crippen LogP contribution is -2.46. The zero-order valence-electron chi connectivity index (χ0n) is 21.2. The number of halogens is 2. The lowest BCUT2D eigenvalue weighted by Gasteiger charge is -2.34. The van der Waals surface area contributed by atoms with Gasteiger partial charge in [-0.25, -0.2) is 9.18 Å². The normalized spacial score (nSPS) is 19.6. The quantitative estimate of drug-likeness (QED) is 0.410. The molecule has 3 heterocycles. The first-order valence-corrected chi connectivity index (χ1v) is 13.3. The minimum Gasteiger partial charge on any atom is -0.378 e. The summed E-state index contributed by atoms with van der Waals surface area (Å²) >= 11 is 6.18. The fourth-order valence-corrected chi connectivity index (χ4v) is 5.63. The van der Waals surface area contributed by atoms with E-state index in [2.05, 4.69) is 10.00 Å². The predicted octanol–water partition coefficient (Wildman–Crippen LogP) is 4.51. The van der Waals surface area contributed by atoms with Crippen LogP contribution in [-0.2, 0) is 22.5 Å². The molecule has 0 spiro atoms. The molecule has 196 valence electrons. The van der Waals surface area contributed by atoms with Gasteiger partial charge in [-0.1, -0.05) is 43.6 Å². The number of hydrogen-bond acceptors (Lipinski definition) is 5. The molecule has 0 amide bonds. The summed E-state index contributed by atoms with van der Waals surface area (Å²) in [6.07, 6.45) is 3.19. The standard InChI is InChI=1S/C28H32ClFN4O3/c1-18(2)12-25(35)15-33-27(20-4-3-5-21(29)13-20)31-34(28(33)36)22-7-6-19(26(30)14-22)10-11-32-23-8-9-24(32)17-37-16-23/h3-7,13-14,18,23-24H,8-12,15-17H2,1-2H3. The number of nitrogens with zero attached hydrogens (tertiary/aromatic N) is 4. The molecule has 5 rings (SSSR count). The van der Waals surface area contributed by atoms with Gasteiger partial charge in [0.2, 0.25) is 0 Å². The highest BCUT2D eigenvalue weighted by Crippen LogP contribution is 2.29. The first-order chi connectivity index (χ1) is 17.8. The van der Waals surface area contributed by atoms with Crippen molar-refractivity contribution in [3.63, 3.8) is 0 Å². The Bertz CT molecular complexity index is 1340. The van der Waals surface area contributed by atoms with Crippen LogP contribution >= 0.6 is 11.6 Å². The van der Waals surface area contributed by atoms with Crippen molar-refractivity contribution in [3.05, 3.63) is 69.4 Å². The van der Waals surface area contributed by atoms with Gasteiger partial charge in [0.05, 0.1) is 25.4 Å². The number of fused-ring (bicyclic) bond motifs is 2. The highest BCUT2D eigenvalue weighted by molar-refractivity contribution is 6.30. The van der Waals surface area contributed by atoms with Gasteiger partial charge in [-0.15, -0.1) is 5.10 Å². The number of morpholine rings is 1. The van der Waals surface area contributed by atoms with Gasteiger partial charge >= 0.3 is 5.69 Å². The third-order valence-electron chi connectivity index (χ3n) is 7.23. The van der Waals surface area contributed by atoms with E-state index in [4.69, 9.17) is 16.3 Å². The van der Waals surface area contributed by atoms with Crippen LogP contribution in [0.1, 0.15) is 38.7 Å². The maximum absolute atomic E-state index is 15.2. The van der Waals surface area contributed by atoms with Crippen LogP contribution in [0.15, 0.2) is 47.3 Å². The van der Waals surface area contributed by atoms with E-state index in [0.717, 1.165) is 37.3 Å². The fraction of sp³-hybridized carbons (Fsp3) is 0.464. The molecule has 1 aromatic heterocycles. The van der Waals surface area contributed by atoms with Crippen molar-refractivity contribution in [2.75, 3.05) is 19.8 Å². The molecule has 7 nitrogen and oxygen atoms in total. The third-order valence-corrected chi connectivity index (χ3v) is 7.46. The van der Waals surface area contributed by atoms with E-state index in [1.54, 1.807) is 36.4 Å². The molecule has 2 saturated heterocycles. The Morgan fingerprint density at radius 3 is 2.59 bits per heavy atom. The minimum atomic E-state index is -0.496. The van der Waals surface area contributed by atoms with Crippen LogP contribution in [-0.4, -0.2) is 56.9 Å². The SMILES string of the molecule is CC(C)CC(=O)Cn1c(-c2cccc(Cl)c2)nn(-c2ccc(CCN3C4CCC3COC4)c(F)c2)c1=O. The van der Waals surface area contributed by atoms with E-state index >= 15 is 4.39 Å². The number of rotatable bonds is 9. The Morgan fingerprint density at radius 1 is 1.16 bits per heavy atom. The van der Waals surface area contributed by atoms with Crippen LogP contribution in [0.25, 0.3) is 17.1 Å². The highest BCUT2D eigenvalue weighted by Gasteiger charge is 2.36. The Kier molecular flexibility index (Phi) is 7.60. The molecule has 0 radical (unpaired) electrons. The molecular weight excluding hydrogens is 495 g/mol. The smallest absolute Gasteiger partial charge is 0.351 e. The summed E-state index contributed by atoms with van der Waals surface area (Å²) in [7, 11) is 0. The monoisotopic (exact) mass is 526 g/mol. The Morgan fingerprint density at radius 2 is 1.92 bits per heavy atom. The van der Waals surface area contributed by atoms with Gasteiger partial charge in [0.25, 0.3) is 0 Å². The van der Waals surface area contributed by atoms with Crippen LogP contribution in [0.4, 0.5) is 4.39 Å². The second kappa shape index (κ2) is 10.9. The molecule has 2 unspecified atom stereocenters. The maximum atomic E-state index is 15.2. The average molecular weight is 527 g/mol. The largest absolute Gasteiger partial charge is 0.378 e. The van der Waals surface area contributed by atoms with Gasteiger partial charge < -0.3 is 4.74 Å². The van der Waals surface area contributed by atoms with Crippen LogP contribution in [0.5, 0.6) is 0 Å². The Hall–Kier alpha value is -2.81. The van der Waals surface area contributed by atoms with Crippen molar-refractivity contribution in [1.29, 1.82) is 0 Å². The molecule has 9 heteroatoms. The summed E-state index contributed by atoms with van der Waals surface area (Å²) in [6, 6.07) is 12.6. The van der Waals surface area contributed by atoms with Gasteiger partial charge in [-0.2, -0.15) is 4.68 Å². The van der Waals surface area contributed by atoms with Crippen molar-refractivity contribution in [2.45, 2.75) is 58.2 Å². The van der Waals surface area contributed by atoms with Gasteiger partial charge in [0, 0.05) is 41.7 Å². The molecule has 0 aliphatic carbocycles. The van der Waals surface area contributed by atoms with Crippen molar-refractivity contribution in [1.82, 2.24) is 19.2 Å². The number of ketones is 1. The van der Waals surface area contributed by atoms with Crippen LogP contribution < -0.4 is 5.69 Å². The van der Waals surface area contributed by atoms with Gasteiger partial charge in [-0.05, 0) is 48.9 Å². The van der Waals surface area contributed by atoms with Crippen molar-refractivity contribution < 1.29 is 13.9 Å². The van der Waals surface area contributed by atoms with E-state index in [9.17, 15) is 9.59 Å². The molecule has 2 aliphatic rings. The zero-order chi connectivity index (χ0) is 26.1. The number of ether oxygens (including phenoxy) is 1. The zero-order valence-corrected chi connectivity index (χ0v) is 22.0. The van der Waals surface area contributed by atoms with Crippen LogP contribution in [0, 0.1) is 11.7 Å². The predicted molar refractivity (Wildman–Crippen MR) is 141 cm³/mol.